The van der Waals surface area contributed by atoms with Gasteiger partial charge in [-0.2, -0.15) is 0 Å². The summed E-state index contributed by atoms with van der Waals surface area (Å²) < 4.78 is 8.16. The number of hydrogen-bond acceptors (Lipinski definition) is 3. The van der Waals surface area contributed by atoms with Gasteiger partial charge in [0.25, 0.3) is 0 Å². The molecule has 3 aliphatic rings. The molecule has 1 saturated heterocycles. The van der Waals surface area contributed by atoms with E-state index in [0.29, 0.717) is 6.04 Å². The quantitative estimate of drug-likeness (QED) is 0.569. The second kappa shape index (κ2) is 7.52. The third-order valence-electron chi connectivity index (χ3n) is 7.70. The lowest BCUT2D eigenvalue weighted by Crippen LogP contribution is -2.50. The summed E-state index contributed by atoms with van der Waals surface area (Å²) in [6, 6.07) is 18.6. The molecule has 32 heavy (non-hydrogen) atoms. The molecule has 0 saturated carbocycles. The summed E-state index contributed by atoms with van der Waals surface area (Å²) in [4.78, 5) is 15.2. The maximum Gasteiger partial charge on any atom is 0.412 e. The van der Waals surface area contributed by atoms with Gasteiger partial charge in [0.2, 0.25) is 0 Å². The lowest BCUT2D eigenvalue weighted by atomic mass is 9.66. The molecule has 0 spiro atoms. The third kappa shape index (κ3) is 2.91. The zero-order valence-corrected chi connectivity index (χ0v) is 18.5. The minimum absolute atomic E-state index is 0.104. The van der Waals surface area contributed by atoms with E-state index in [1.807, 2.05) is 30.3 Å². The van der Waals surface area contributed by atoms with Crippen LogP contribution >= 0.6 is 0 Å². The number of amides is 1. The number of carbonyl (C=O) groups excluding carboxylic acids is 1. The smallest absolute Gasteiger partial charge is 0.412 e. The minimum atomic E-state index is -0.416. The Balaban J connectivity index is 1.40. The number of carbonyl (C=O) groups is 1. The van der Waals surface area contributed by atoms with E-state index in [1.165, 1.54) is 41.5 Å². The molecule has 0 aliphatic carbocycles. The normalized spacial score (nSPS) is 24.0. The molecule has 0 unspecified atom stereocenters. The van der Waals surface area contributed by atoms with Crippen LogP contribution < -0.4 is 5.32 Å². The topological polar surface area (TPSA) is 46.5 Å². The molecule has 1 aromatic heterocycles. The lowest BCUT2D eigenvalue weighted by Gasteiger charge is -2.53. The lowest BCUT2D eigenvalue weighted by molar-refractivity contribution is 0.0262. The van der Waals surface area contributed by atoms with Gasteiger partial charge in [0.05, 0.1) is 17.3 Å². The highest BCUT2D eigenvalue weighted by atomic mass is 16.5. The molecule has 1 amide bonds. The molecule has 1 N–H and O–H groups in total. The number of ether oxygens (including phenoxy) is 1. The number of para-hydroxylation sites is 2. The highest BCUT2D eigenvalue weighted by molar-refractivity contribution is 5.91. The van der Waals surface area contributed by atoms with Gasteiger partial charge in [-0.15, -0.1) is 0 Å². The van der Waals surface area contributed by atoms with Crippen molar-refractivity contribution in [2.45, 2.75) is 38.6 Å². The molecular weight excluding hydrogens is 398 g/mol. The largest absolute Gasteiger partial charge is 0.443 e. The van der Waals surface area contributed by atoms with Crippen LogP contribution in [-0.2, 0) is 11.2 Å². The van der Waals surface area contributed by atoms with E-state index in [4.69, 9.17) is 4.74 Å². The number of aromatic nitrogens is 1. The molecule has 5 heteroatoms. The van der Waals surface area contributed by atoms with Crippen LogP contribution in [-0.4, -0.2) is 35.3 Å². The average Bonchev–Trinajstić information content (AvgIpc) is 3.18. The van der Waals surface area contributed by atoms with Gasteiger partial charge >= 0.3 is 6.09 Å². The van der Waals surface area contributed by atoms with E-state index in [1.54, 1.807) is 0 Å². The Morgan fingerprint density at radius 3 is 2.78 bits per heavy atom. The molecule has 0 bridgehead atoms. The molecule has 6 rings (SSSR count). The first-order chi connectivity index (χ1) is 15.7. The van der Waals surface area contributed by atoms with Crippen LogP contribution in [0.5, 0.6) is 0 Å². The summed E-state index contributed by atoms with van der Waals surface area (Å²) in [6.45, 7) is 4.88. The van der Waals surface area contributed by atoms with Crippen molar-refractivity contribution in [3.63, 3.8) is 0 Å². The van der Waals surface area contributed by atoms with E-state index in [0.717, 1.165) is 30.8 Å². The minimum Gasteiger partial charge on any atom is -0.443 e. The first kappa shape index (κ1) is 19.6. The van der Waals surface area contributed by atoms with Crippen molar-refractivity contribution in [2.75, 3.05) is 25.0 Å². The Morgan fingerprint density at radius 1 is 1.12 bits per heavy atom. The second-order valence-electron chi connectivity index (χ2n) is 9.30. The molecule has 5 nitrogen and oxygen atoms in total. The first-order valence-corrected chi connectivity index (χ1v) is 11.8. The Bertz CT molecular complexity index is 1210. The van der Waals surface area contributed by atoms with Gasteiger partial charge in [-0.1, -0.05) is 49.4 Å². The fourth-order valence-corrected chi connectivity index (χ4v) is 6.31. The molecule has 3 aromatic rings. The van der Waals surface area contributed by atoms with Gasteiger partial charge in [-0.05, 0) is 56.0 Å². The summed E-state index contributed by atoms with van der Waals surface area (Å²) in [6.07, 6.45) is 6.61. The number of hydrogen-bond donors (Lipinski definition) is 1. The van der Waals surface area contributed by atoms with Crippen molar-refractivity contribution >= 4 is 28.4 Å². The van der Waals surface area contributed by atoms with Gasteiger partial charge < -0.3 is 9.30 Å². The molecule has 1 fully saturated rings. The Labute approximate surface area is 188 Å². The van der Waals surface area contributed by atoms with Crippen LogP contribution in [0.25, 0.3) is 16.6 Å². The Hall–Kier alpha value is -3.05. The predicted molar refractivity (Wildman–Crippen MR) is 128 cm³/mol. The van der Waals surface area contributed by atoms with Gasteiger partial charge in [-0.25, -0.2) is 4.79 Å². The number of rotatable bonds is 4. The van der Waals surface area contributed by atoms with Crippen molar-refractivity contribution < 1.29 is 9.53 Å². The molecular formula is C27H29N3O2. The summed E-state index contributed by atoms with van der Waals surface area (Å²) in [5.74, 6) is 0. The van der Waals surface area contributed by atoms with Crippen LogP contribution in [0.2, 0.25) is 0 Å². The van der Waals surface area contributed by atoms with Gasteiger partial charge in [0, 0.05) is 28.7 Å². The maximum atomic E-state index is 12.6. The first-order valence-electron chi connectivity index (χ1n) is 11.8. The number of piperidine rings is 1. The van der Waals surface area contributed by atoms with Crippen molar-refractivity contribution in [2.24, 2.45) is 5.41 Å². The van der Waals surface area contributed by atoms with Crippen LogP contribution in [0.3, 0.4) is 0 Å². The van der Waals surface area contributed by atoms with Crippen molar-refractivity contribution in [1.82, 2.24) is 9.47 Å². The molecule has 0 radical (unpaired) electrons. The van der Waals surface area contributed by atoms with E-state index >= 15 is 0 Å². The zero-order chi connectivity index (χ0) is 21.7. The van der Waals surface area contributed by atoms with Crippen LogP contribution in [0, 0.1) is 5.41 Å². The molecule has 3 aliphatic heterocycles. The summed E-state index contributed by atoms with van der Waals surface area (Å²) in [5, 5.41) is 4.19. The number of fused-ring (bicyclic) bond motifs is 3. The molecule has 164 valence electrons. The van der Waals surface area contributed by atoms with Gasteiger partial charge in [0.15, 0.2) is 0 Å². The zero-order valence-electron chi connectivity index (χ0n) is 18.5. The standard InChI is InChI=1S/C27H29N3O2/c1-2-27-14-8-15-29-16-13-22-21-11-6-7-12-23(21)30(24(22)25(27)29)20(17-27)18-32-26(31)28-19-9-4-3-5-10-19/h3-7,9-12,17,25H,2,8,13-16,18H2,1H3,(H,28,31)/t25-,27+/m1/s1. The SMILES string of the molecule is CC[C@@]12C=C(COC(=O)Nc3ccccc3)n3c4c(c5ccccc53)CCN(CCC1)[C@H]42. The number of benzene rings is 2. The third-order valence-corrected chi connectivity index (χ3v) is 7.70. The van der Waals surface area contributed by atoms with Crippen LogP contribution in [0.4, 0.5) is 10.5 Å². The van der Waals surface area contributed by atoms with Crippen LogP contribution in [0.1, 0.15) is 43.5 Å². The number of anilines is 1. The molecule has 2 aromatic carbocycles. The van der Waals surface area contributed by atoms with E-state index in [-0.39, 0.29) is 12.0 Å². The molecule has 4 heterocycles. The highest BCUT2D eigenvalue weighted by Crippen LogP contribution is 2.56. The summed E-state index contributed by atoms with van der Waals surface area (Å²) in [7, 11) is 0. The Kier molecular flexibility index (Phi) is 4.61. The van der Waals surface area contributed by atoms with Crippen molar-refractivity contribution in [3.05, 3.63) is 71.9 Å². The number of nitrogens with zero attached hydrogens (tertiary/aromatic N) is 2. The fraction of sp³-hybridized carbons (Fsp3) is 0.370. The summed E-state index contributed by atoms with van der Waals surface area (Å²) >= 11 is 0. The average molecular weight is 428 g/mol. The van der Waals surface area contributed by atoms with Crippen molar-refractivity contribution in [1.29, 1.82) is 0 Å². The van der Waals surface area contributed by atoms with E-state index in [9.17, 15) is 4.79 Å². The maximum absolute atomic E-state index is 12.6. The fourth-order valence-electron chi connectivity index (χ4n) is 6.31. The molecule has 2 atom stereocenters. The van der Waals surface area contributed by atoms with E-state index in [2.05, 4.69) is 52.0 Å². The van der Waals surface area contributed by atoms with Crippen molar-refractivity contribution in [3.8, 4) is 0 Å². The Morgan fingerprint density at radius 2 is 1.94 bits per heavy atom. The van der Waals surface area contributed by atoms with Crippen LogP contribution in [0.15, 0.2) is 60.7 Å². The second-order valence-corrected chi connectivity index (χ2v) is 9.30. The predicted octanol–water partition coefficient (Wildman–Crippen LogP) is 5.83. The number of nitrogens with one attached hydrogen (secondary N) is 1. The monoisotopic (exact) mass is 427 g/mol. The van der Waals surface area contributed by atoms with E-state index < -0.39 is 6.09 Å². The van der Waals surface area contributed by atoms with Gasteiger partial charge in [-0.3, -0.25) is 10.2 Å². The van der Waals surface area contributed by atoms with Gasteiger partial charge in [0.1, 0.15) is 6.61 Å². The highest BCUT2D eigenvalue weighted by Gasteiger charge is 2.50. The summed E-state index contributed by atoms with van der Waals surface area (Å²) in [5.41, 5.74) is 6.09.